The molecule has 0 atom stereocenters. The number of rotatable bonds is 4. The smallest absolute Gasteiger partial charge is 0.317 e. The molecule has 126 valence electrons. The third kappa shape index (κ3) is 5.16. The maximum Gasteiger partial charge on any atom is 0.317 e. The van der Waals surface area contributed by atoms with Crippen molar-refractivity contribution in [2.24, 2.45) is 0 Å². The van der Waals surface area contributed by atoms with Crippen LogP contribution in [0.1, 0.15) is 18.4 Å². The molecule has 0 unspecified atom stereocenters. The predicted octanol–water partition coefficient (Wildman–Crippen LogP) is 1.64. The molecule has 1 fully saturated rings. The van der Waals surface area contributed by atoms with Crippen LogP contribution >= 0.6 is 0 Å². The first-order chi connectivity index (χ1) is 11.0. The van der Waals surface area contributed by atoms with Gasteiger partial charge in [-0.15, -0.1) is 0 Å². The standard InChI is InChI=1S/C17H25N3O3/c1-13-5-4-6-15(11-13)23-14-7-9-20(10-8-14)16(21)12-18-17(22)19(2)3/h4-6,11,14H,7-10,12H2,1-3H3,(H,18,22). The van der Waals surface area contributed by atoms with E-state index in [2.05, 4.69) is 5.32 Å². The molecule has 23 heavy (non-hydrogen) atoms. The zero-order valence-electron chi connectivity index (χ0n) is 14.0. The molecule has 2 rings (SSSR count). The van der Waals surface area contributed by atoms with Crippen LogP contribution in [0.3, 0.4) is 0 Å². The monoisotopic (exact) mass is 319 g/mol. The molecule has 6 nitrogen and oxygen atoms in total. The van der Waals surface area contributed by atoms with Gasteiger partial charge >= 0.3 is 6.03 Å². The minimum atomic E-state index is -0.254. The van der Waals surface area contributed by atoms with E-state index in [1.165, 1.54) is 10.5 Å². The highest BCUT2D eigenvalue weighted by Crippen LogP contribution is 2.20. The zero-order chi connectivity index (χ0) is 16.8. The Morgan fingerprint density at radius 1 is 1.30 bits per heavy atom. The van der Waals surface area contributed by atoms with Crippen LogP contribution in [0.15, 0.2) is 24.3 Å². The van der Waals surface area contributed by atoms with Gasteiger partial charge < -0.3 is 19.9 Å². The maximum atomic E-state index is 12.1. The lowest BCUT2D eigenvalue weighted by molar-refractivity contribution is -0.131. The van der Waals surface area contributed by atoms with Gasteiger partial charge in [0.05, 0.1) is 6.54 Å². The number of benzene rings is 1. The van der Waals surface area contributed by atoms with E-state index in [1.54, 1.807) is 19.0 Å². The number of hydrogen-bond acceptors (Lipinski definition) is 3. The number of carbonyl (C=O) groups excluding carboxylic acids is 2. The van der Waals surface area contributed by atoms with Gasteiger partial charge in [0, 0.05) is 40.0 Å². The molecule has 1 aliphatic rings. The summed E-state index contributed by atoms with van der Waals surface area (Å²) >= 11 is 0. The summed E-state index contributed by atoms with van der Waals surface area (Å²) in [6, 6.07) is 7.75. The van der Waals surface area contributed by atoms with Gasteiger partial charge in [0.15, 0.2) is 0 Å². The summed E-state index contributed by atoms with van der Waals surface area (Å²) in [4.78, 5) is 26.7. The molecule has 3 amide bonds. The minimum absolute atomic E-state index is 0.0421. The molecule has 0 aromatic heterocycles. The molecule has 6 heteroatoms. The summed E-state index contributed by atoms with van der Waals surface area (Å²) in [5.74, 6) is 0.835. The highest BCUT2D eigenvalue weighted by molar-refractivity contribution is 5.83. The number of nitrogens with zero attached hydrogens (tertiary/aromatic N) is 2. The fourth-order valence-electron chi connectivity index (χ4n) is 2.53. The second kappa shape index (κ2) is 7.85. The first kappa shape index (κ1) is 17.1. The van der Waals surface area contributed by atoms with Gasteiger partial charge in [-0.2, -0.15) is 0 Å². The number of hydrogen-bond donors (Lipinski definition) is 1. The van der Waals surface area contributed by atoms with Crippen molar-refractivity contribution in [1.29, 1.82) is 0 Å². The molecule has 1 aliphatic heterocycles. The van der Waals surface area contributed by atoms with E-state index in [4.69, 9.17) is 4.74 Å². The predicted molar refractivity (Wildman–Crippen MR) is 88.5 cm³/mol. The molecular formula is C17H25N3O3. The third-order valence-corrected chi connectivity index (χ3v) is 3.88. The molecule has 1 N–H and O–H groups in total. The first-order valence-electron chi connectivity index (χ1n) is 7.92. The van der Waals surface area contributed by atoms with Gasteiger partial charge in [-0.25, -0.2) is 4.79 Å². The van der Waals surface area contributed by atoms with Crippen molar-refractivity contribution in [2.45, 2.75) is 25.9 Å². The van der Waals surface area contributed by atoms with Crippen molar-refractivity contribution in [3.8, 4) is 5.75 Å². The molecule has 1 heterocycles. The van der Waals surface area contributed by atoms with E-state index in [-0.39, 0.29) is 24.6 Å². The summed E-state index contributed by atoms with van der Waals surface area (Å²) in [5.41, 5.74) is 1.17. The van der Waals surface area contributed by atoms with Crippen molar-refractivity contribution >= 4 is 11.9 Å². The number of piperidine rings is 1. The van der Waals surface area contributed by atoms with Gasteiger partial charge in [0.1, 0.15) is 11.9 Å². The summed E-state index contributed by atoms with van der Waals surface area (Å²) in [6.45, 7) is 3.40. The van der Waals surface area contributed by atoms with Crippen LogP contribution in [-0.4, -0.2) is 61.6 Å². The lowest BCUT2D eigenvalue weighted by Crippen LogP contribution is -2.47. The van der Waals surface area contributed by atoms with Crippen LogP contribution in [0.4, 0.5) is 4.79 Å². The van der Waals surface area contributed by atoms with Crippen molar-refractivity contribution in [3.05, 3.63) is 29.8 Å². The molecule has 0 spiro atoms. The molecule has 1 saturated heterocycles. The quantitative estimate of drug-likeness (QED) is 0.917. The van der Waals surface area contributed by atoms with E-state index in [0.29, 0.717) is 13.1 Å². The topological polar surface area (TPSA) is 61.9 Å². The summed E-state index contributed by atoms with van der Waals surface area (Å²) < 4.78 is 5.98. The van der Waals surface area contributed by atoms with Crippen LogP contribution in [0, 0.1) is 6.92 Å². The van der Waals surface area contributed by atoms with E-state index >= 15 is 0 Å². The highest BCUT2D eigenvalue weighted by Gasteiger charge is 2.24. The number of aryl methyl sites for hydroxylation is 1. The molecule has 0 aliphatic carbocycles. The second-order valence-corrected chi connectivity index (χ2v) is 6.07. The maximum absolute atomic E-state index is 12.1. The van der Waals surface area contributed by atoms with Crippen LogP contribution in [0.5, 0.6) is 5.75 Å². The molecule has 1 aromatic rings. The summed E-state index contributed by atoms with van der Waals surface area (Å²) in [7, 11) is 3.29. The average Bonchev–Trinajstić information content (AvgIpc) is 2.53. The largest absolute Gasteiger partial charge is 0.490 e. The molecule has 1 aromatic carbocycles. The van der Waals surface area contributed by atoms with Crippen molar-refractivity contribution in [2.75, 3.05) is 33.7 Å². The Morgan fingerprint density at radius 3 is 2.61 bits per heavy atom. The Bertz CT molecular complexity index is 552. The van der Waals surface area contributed by atoms with Crippen LogP contribution in [0.25, 0.3) is 0 Å². The molecule has 0 saturated carbocycles. The lowest BCUT2D eigenvalue weighted by Gasteiger charge is -2.32. The van der Waals surface area contributed by atoms with E-state index < -0.39 is 0 Å². The zero-order valence-corrected chi connectivity index (χ0v) is 14.0. The first-order valence-corrected chi connectivity index (χ1v) is 7.92. The van der Waals surface area contributed by atoms with Gasteiger partial charge in [-0.05, 0) is 24.6 Å². The number of urea groups is 1. The Kier molecular flexibility index (Phi) is 5.84. The van der Waals surface area contributed by atoms with E-state index in [1.807, 2.05) is 31.2 Å². The van der Waals surface area contributed by atoms with Gasteiger partial charge in [-0.1, -0.05) is 12.1 Å². The van der Waals surface area contributed by atoms with Crippen LogP contribution < -0.4 is 10.1 Å². The lowest BCUT2D eigenvalue weighted by atomic mass is 10.1. The van der Waals surface area contributed by atoms with Gasteiger partial charge in [0.25, 0.3) is 0 Å². The fraction of sp³-hybridized carbons (Fsp3) is 0.529. The Balaban J connectivity index is 1.75. The number of ether oxygens (including phenoxy) is 1. The Morgan fingerprint density at radius 2 is 2.00 bits per heavy atom. The highest BCUT2D eigenvalue weighted by atomic mass is 16.5. The van der Waals surface area contributed by atoms with Gasteiger partial charge in [-0.3, -0.25) is 4.79 Å². The SMILES string of the molecule is Cc1cccc(OC2CCN(C(=O)CNC(=O)N(C)C)CC2)c1. The van der Waals surface area contributed by atoms with Crippen LogP contribution in [-0.2, 0) is 4.79 Å². The minimum Gasteiger partial charge on any atom is -0.490 e. The molecule has 0 radical (unpaired) electrons. The fourth-order valence-corrected chi connectivity index (χ4v) is 2.53. The average molecular weight is 319 g/mol. The number of likely N-dealkylation sites (tertiary alicyclic amines) is 1. The Hall–Kier alpha value is -2.24. The second-order valence-electron chi connectivity index (χ2n) is 6.07. The van der Waals surface area contributed by atoms with Crippen molar-refractivity contribution in [3.63, 3.8) is 0 Å². The summed E-state index contributed by atoms with van der Waals surface area (Å²) in [6.07, 6.45) is 1.75. The molecule has 0 bridgehead atoms. The van der Waals surface area contributed by atoms with Crippen molar-refractivity contribution < 1.29 is 14.3 Å². The van der Waals surface area contributed by atoms with E-state index in [0.717, 1.165) is 18.6 Å². The molecular weight excluding hydrogens is 294 g/mol. The van der Waals surface area contributed by atoms with Crippen LogP contribution in [0.2, 0.25) is 0 Å². The Labute approximate surface area is 137 Å². The number of nitrogens with one attached hydrogen (secondary N) is 1. The number of amides is 3. The third-order valence-electron chi connectivity index (χ3n) is 3.88. The van der Waals surface area contributed by atoms with Crippen molar-refractivity contribution in [1.82, 2.24) is 15.1 Å². The summed E-state index contributed by atoms with van der Waals surface area (Å²) in [5, 5.41) is 2.60. The van der Waals surface area contributed by atoms with Gasteiger partial charge in [0.2, 0.25) is 5.91 Å². The number of carbonyl (C=O) groups is 2. The normalized spacial score (nSPS) is 15.2. The van der Waals surface area contributed by atoms with E-state index in [9.17, 15) is 9.59 Å².